The monoisotopic (exact) mass is 333 g/mol. The first-order chi connectivity index (χ1) is 8.43. The van der Waals surface area contributed by atoms with Gasteiger partial charge in [-0.3, -0.25) is 4.79 Å². The number of rotatable bonds is 5. The van der Waals surface area contributed by atoms with Crippen LogP contribution in [0.5, 0.6) is 5.75 Å². The summed E-state index contributed by atoms with van der Waals surface area (Å²) in [5.41, 5.74) is 0.666. The zero-order valence-electron chi connectivity index (χ0n) is 10.7. The molecule has 0 aliphatic heterocycles. The predicted octanol–water partition coefficient (Wildman–Crippen LogP) is 4.24. The van der Waals surface area contributed by atoms with E-state index < -0.39 is 0 Å². The van der Waals surface area contributed by atoms with Crippen LogP contribution in [0.25, 0.3) is 0 Å². The van der Waals surface area contributed by atoms with Gasteiger partial charge in [-0.25, -0.2) is 0 Å². The molecule has 0 aromatic heterocycles. The Kier molecular flexibility index (Phi) is 5.96. The summed E-state index contributed by atoms with van der Waals surface area (Å²) >= 11 is 9.38. The highest BCUT2D eigenvalue weighted by atomic mass is 79.9. The lowest BCUT2D eigenvalue weighted by Crippen LogP contribution is -2.21. The maximum atomic E-state index is 11.7. The van der Waals surface area contributed by atoms with Gasteiger partial charge in [0, 0.05) is 5.69 Å². The first-order valence-corrected chi connectivity index (χ1v) is 7.14. The first-order valence-electron chi connectivity index (χ1n) is 5.85. The fourth-order valence-electron chi connectivity index (χ4n) is 1.33. The molecule has 0 spiro atoms. The van der Waals surface area contributed by atoms with Gasteiger partial charge in [-0.05, 0) is 38.5 Å². The molecule has 0 heterocycles. The van der Waals surface area contributed by atoms with Crippen molar-refractivity contribution in [2.24, 2.45) is 0 Å². The summed E-state index contributed by atoms with van der Waals surface area (Å²) < 4.78 is 5.52. The van der Waals surface area contributed by atoms with Crippen LogP contribution in [0.1, 0.15) is 27.2 Å². The average Bonchev–Trinajstić information content (AvgIpc) is 2.31. The van der Waals surface area contributed by atoms with E-state index in [0.29, 0.717) is 16.5 Å². The van der Waals surface area contributed by atoms with Crippen LogP contribution in [0, 0.1) is 0 Å². The van der Waals surface area contributed by atoms with E-state index in [0.717, 1.165) is 6.42 Å². The van der Waals surface area contributed by atoms with Crippen molar-refractivity contribution in [1.82, 2.24) is 0 Å². The van der Waals surface area contributed by atoms with E-state index in [1.54, 1.807) is 18.2 Å². The van der Waals surface area contributed by atoms with E-state index in [1.807, 2.05) is 20.8 Å². The van der Waals surface area contributed by atoms with Crippen LogP contribution in [0.4, 0.5) is 5.69 Å². The molecule has 1 aromatic carbocycles. The number of halogens is 2. The number of benzene rings is 1. The van der Waals surface area contributed by atoms with Crippen molar-refractivity contribution in [2.75, 3.05) is 5.32 Å². The lowest BCUT2D eigenvalue weighted by Gasteiger charge is -2.13. The molecule has 1 rings (SSSR count). The zero-order chi connectivity index (χ0) is 13.7. The molecular formula is C13H17BrClNO2. The highest BCUT2D eigenvalue weighted by Crippen LogP contribution is 2.28. The van der Waals surface area contributed by atoms with E-state index in [4.69, 9.17) is 16.3 Å². The van der Waals surface area contributed by atoms with Crippen molar-refractivity contribution < 1.29 is 9.53 Å². The standard InChI is InChI=1S/C13H17BrClNO2/c1-4-10(14)13(17)16-9-5-6-12(11(15)7-9)18-8(2)3/h5-8,10H,4H2,1-3H3,(H,16,17). The minimum atomic E-state index is -0.192. The molecule has 3 nitrogen and oxygen atoms in total. The molecule has 1 N–H and O–H groups in total. The maximum Gasteiger partial charge on any atom is 0.238 e. The Hall–Kier alpha value is -0.740. The van der Waals surface area contributed by atoms with Gasteiger partial charge in [-0.2, -0.15) is 0 Å². The van der Waals surface area contributed by atoms with Gasteiger partial charge in [0.1, 0.15) is 5.75 Å². The third-order valence-corrected chi connectivity index (χ3v) is 3.56. The molecule has 1 amide bonds. The number of amides is 1. The van der Waals surface area contributed by atoms with Crippen molar-refractivity contribution in [2.45, 2.75) is 38.1 Å². The SMILES string of the molecule is CCC(Br)C(=O)Nc1ccc(OC(C)C)c(Cl)c1. The Balaban J connectivity index is 2.75. The van der Waals surface area contributed by atoms with Crippen molar-refractivity contribution in [3.63, 3.8) is 0 Å². The molecule has 0 aliphatic carbocycles. The summed E-state index contributed by atoms with van der Waals surface area (Å²) in [7, 11) is 0. The van der Waals surface area contributed by atoms with Gasteiger partial charge in [0.25, 0.3) is 0 Å². The quantitative estimate of drug-likeness (QED) is 0.818. The second-order valence-electron chi connectivity index (χ2n) is 4.18. The molecule has 0 aliphatic rings. The number of hydrogen-bond donors (Lipinski definition) is 1. The fourth-order valence-corrected chi connectivity index (χ4v) is 1.67. The van der Waals surface area contributed by atoms with Gasteiger partial charge >= 0.3 is 0 Å². The second-order valence-corrected chi connectivity index (χ2v) is 5.69. The molecule has 1 atom stereocenters. The average molecular weight is 335 g/mol. The Bertz CT molecular complexity index is 423. The number of ether oxygens (including phenoxy) is 1. The minimum Gasteiger partial charge on any atom is -0.489 e. The molecule has 100 valence electrons. The third kappa shape index (κ3) is 4.50. The summed E-state index contributed by atoms with van der Waals surface area (Å²) in [6.07, 6.45) is 0.795. The van der Waals surface area contributed by atoms with Crippen LogP contribution < -0.4 is 10.1 Å². The van der Waals surface area contributed by atoms with Crippen molar-refractivity contribution in [3.8, 4) is 5.75 Å². The summed E-state index contributed by atoms with van der Waals surface area (Å²) in [6.45, 7) is 5.80. The number of alkyl halides is 1. The van der Waals surface area contributed by atoms with Crippen LogP contribution in [-0.4, -0.2) is 16.8 Å². The normalized spacial score (nSPS) is 12.3. The van der Waals surface area contributed by atoms with Crippen molar-refractivity contribution in [1.29, 1.82) is 0 Å². The van der Waals surface area contributed by atoms with Crippen LogP contribution in [0.2, 0.25) is 5.02 Å². The molecule has 0 fully saturated rings. The molecule has 0 radical (unpaired) electrons. The topological polar surface area (TPSA) is 38.3 Å². The Morgan fingerprint density at radius 3 is 2.67 bits per heavy atom. The highest BCUT2D eigenvalue weighted by molar-refractivity contribution is 9.10. The highest BCUT2D eigenvalue weighted by Gasteiger charge is 2.13. The number of hydrogen-bond acceptors (Lipinski definition) is 2. The van der Waals surface area contributed by atoms with Crippen LogP contribution in [-0.2, 0) is 4.79 Å². The number of anilines is 1. The summed E-state index contributed by atoms with van der Waals surface area (Å²) in [6, 6.07) is 5.22. The van der Waals surface area contributed by atoms with Gasteiger partial charge in [-0.15, -0.1) is 0 Å². The van der Waals surface area contributed by atoms with Crippen molar-refractivity contribution in [3.05, 3.63) is 23.2 Å². The van der Waals surface area contributed by atoms with Gasteiger partial charge < -0.3 is 10.1 Å². The fraction of sp³-hybridized carbons (Fsp3) is 0.462. The zero-order valence-corrected chi connectivity index (χ0v) is 13.0. The maximum absolute atomic E-state index is 11.7. The van der Waals surface area contributed by atoms with E-state index in [-0.39, 0.29) is 16.8 Å². The van der Waals surface area contributed by atoms with Crippen molar-refractivity contribution >= 4 is 39.1 Å². The van der Waals surface area contributed by atoms with Gasteiger partial charge in [0.2, 0.25) is 5.91 Å². The molecule has 1 aromatic rings. The van der Waals surface area contributed by atoms with Gasteiger partial charge in [0.15, 0.2) is 0 Å². The van der Waals surface area contributed by atoms with E-state index in [9.17, 15) is 4.79 Å². The van der Waals surface area contributed by atoms with Crippen LogP contribution in [0.3, 0.4) is 0 Å². The van der Waals surface area contributed by atoms with E-state index in [1.165, 1.54) is 0 Å². The lowest BCUT2D eigenvalue weighted by atomic mass is 10.2. The predicted molar refractivity (Wildman–Crippen MR) is 78.9 cm³/mol. The Morgan fingerprint density at radius 1 is 1.50 bits per heavy atom. The summed E-state index contributed by atoms with van der Waals surface area (Å²) in [5, 5.41) is 3.28. The molecule has 5 heteroatoms. The lowest BCUT2D eigenvalue weighted by molar-refractivity contribution is -0.115. The van der Waals surface area contributed by atoms with Gasteiger partial charge in [0.05, 0.1) is 16.0 Å². The molecule has 0 bridgehead atoms. The first kappa shape index (κ1) is 15.3. The molecule has 18 heavy (non-hydrogen) atoms. The summed E-state index contributed by atoms with van der Waals surface area (Å²) in [5.74, 6) is 0.543. The van der Waals surface area contributed by atoms with E-state index in [2.05, 4.69) is 21.2 Å². The third-order valence-electron chi connectivity index (χ3n) is 2.21. The number of carbonyl (C=O) groups excluding carboxylic acids is 1. The molecule has 0 saturated carbocycles. The summed E-state index contributed by atoms with van der Waals surface area (Å²) in [4.78, 5) is 11.5. The smallest absolute Gasteiger partial charge is 0.238 e. The van der Waals surface area contributed by atoms with Crippen LogP contribution >= 0.6 is 27.5 Å². The molecular weight excluding hydrogens is 318 g/mol. The molecule has 0 saturated heterocycles. The van der Waals surface area contributed by atoms with E-state index >= 15 is 0 Å². The molecule has 1 unspecified atom stereocenters. The number of nitrogens with one attached hydrogen (secondary N) is 1. The Labute approximate surface area is 121 Å². The largest absolute Gasteiger partial charge is 0.489 e. The minimum absolute atomic E-state index is 0.0648. The van der Waals surface area contributed by atoms with Gasteiger partial charge in [-0.1, -0.05) is 34.5 Å². The van der Waals surface area contributed by atoms with Crippen LogP contribution in [0.15, 0.2) is 18.2 Å². The second kappa shape index (κ2) is 7.00. The Morgan fingerprint density at radius 2 is 2.17 bits per heavy atom. The number of carbonyl (C=O) groups is 1.